The number of likely N-dealkylation sites (tertiary alicyclic amines) is 1. The molecule has 1 N–H and O–H groups in total. The number of rotatable bonds is 4. The SMILES string of the molecule is CCc1cc(CN2CCC3CCC(C2)N3)n(CC)n1. The van der Waals surface area contributed by atoms with Gasteiger partial charge in [-0.25, -0.2) is 0 Å². The molecular weight excluding hydrogens is 236 g/mol. The molecule has 0 aromatic carbocycles. The van der Waals surface area contributed by atoms with Gasteiger partial charge in [0.1, 0.15) is 0 Å². The minimum Gasteiger partial charge on any atom is -0.310 e. The van der Waals surface area contributed by atoms with Crippen LogP contribution in [0.2, 0.25) is 0 Å². The average Bonchev–Trinajstić information content (AvgIpc) is 2.95. The molecule has 1 aromatic rings. The molecule has 19 heavy (non-hydrogen) atoms. The normalized spacial score (nSPS) is 27.7. The summed E-state index contributed by atoms with van der Waals surface area (Å²) in [6.45, 7) is 8.83. The number of hydrogen-bond acceptors (Lipinski definition) is 3. The summed E-state index contributed by atoms with van der Waals surface area (Å²) < 4.78 is 2.18. The van der Waals surface area contributed by atoms with Crippen LogP contribution in [0.4, 0.5) is 0 Å². The molecule has 2 atom stereocenters. The Hall–Kier alpha value is -0.870. The van der Waals surface area contributed by atoms with Crippen LogP contribution in [0.1, 0.15) is 44.5 Å². The van der Waals surface area contributed by atoms with Gasteiger partial charge in [0.05, 0.1) is 11.4 Å². The molecule has 0 radical (unpaired) electrons. The van der Waals surface area contributed by atoms with Gasteiger partial charge in [0, 0.05) is 38.3 Å². The highest BCUT2D eigenvalue weighted by molar-refractivity contribution is 5.10. The third kappa shape index (κ3) is 2.84. The topological polar surface area (TPSA) is 33.1 Å². The lowest BCUT2D eigenvalue weighted by molar-refractivity contribution is 0.243. The zero-order valence-electron chi connectivity index (χ0n) is 12.2. The van der Waals surface area contributed by atoms with E-state index in [0.717, 1.165) is 31.6 Å². The summed E-state index contributed by atoms with van der Waals surface area (Å²) in [5.41, 5.74) is 2.61. The zero-order chi connectivity index (χ0) is 13.2. The second-order valence-electron chi connectivity index (χ2n) is 5.96. The van der Waals surface area contributed by atoms with Gasteiger partial charge in [-0.2, -0.15) is 5.10 Å². The van der Waals surface area contributed by atoms with E-state index in [9.17, 15) is 0 Å². The molecule has 2 saturated heterocycles. The maximum absolute atomic E-state index is 4.66. The largest absolute Gasteiger partial charge is 0.310 e. The molecule has 0 aliphatic carbocycles. The van der Waals surface area contributed by atoms with E-state index in [0.29, 0.717) is 0 Å². The minimum atomic E-state index is 0.719. The van der Waals surface area contributed by atoms with Crippen LogP contribution in [-0.4, -0.2) is 39.9 Å². The highest BCUT2D eigenvalue weighted by Crippen LogP contribution is 2.21. The maximum Gasteiger partial charge on any atom is 0.0625 e. The molecule has 2 aliphatic heterocycles. The molecule has 2 fully saturated rings. The van der Waals surface area contributed by atoms with Crippen molar-refractivity contribution in [2.75, 3.05) is 13.1 Å². The second-order valence-corrected chi connectivity index (χ2v) is 5.96. The molecule has 2 unspecified atom stereocenters. The fourth-order valence-electron chi connectivity index (χ4n) is 3.48. The van der Waals surface area contributed by atoms with E-state index in [4.69, 9.17) is 0 Å². The van der Waals surface area contributed by atoms with E-state index in [1.807, 2.05) is 0 Å². The Labute approximate surface area is 116 Å². The molecule has 106 valence electrons. The van der Waals surface area contributed by atoms with Gasteiger partial charge in [0.25, 0.3) is 0 Å². The Kier molecular flexibility index (Phi) is 3.89. The highest BCUT2D eigenvalue weighted by atomic mass is 15.3. The van der Waals surface area contributed by atoms with E-state index in [1.165, 1.54) is 43.7 Å². The number of hydrogen-bond donors (Lipinski definition) is 1. The predicted molar refractivity (Wildman–Crippen MR) is 77.1 cm³/mol. The Bertz CT molecular complexity index is 426. The second kappa shape index (κ2) is 5.63. The Morgan fingerprint density at radius 2 is 2.11 bits per heavy atom. The third-order valence-electron chi connectivity index (χ3n) is 4.57. The fraction of sp³-hybridized carbons (Fsp3) is 0.800. The first-order chi connectivity index (χ1) is 9.28. The van der Waals surface area contributed by atoms with Crippen LogP contribution in [0.3, 0.4) is 0 Å². The predicted octanol–water partition coefficient (Wildman–Crippen LogP) is 1.79. The monoisotopic (exact) mass is 262 g/mol. The molecule has 2 bridgehead atoms. The molecule has 2 aliphatic rings. The summed E-state index contributed by atoms with van der Waals surface area (Å²) in [5.74, 6) is 0. The van der Waals surface area contributed by atoms with Crippen LogP contribution >= 0.6 is 0 Å². The first kappa shape index (κ1) is 13.1. The first-order valence-corrected chi connectivity index (χ1v) is 7.82. The lowest BCUT2D eigenvalue weighted by Crippen LogP contribution is -2.35. The average molecular weight is 262 g/mol. The lowest BCUT2D eigenvalue weighted by atomic mass is 10.1. The van der Waals surface area contributed by atoms with Crippen molar-refractivity contribution in [3.05, 3.63) is 17.5 Å². The van der Waals surface area contributed by atoms with Crippen molar-refractivity contribution in [1.29, 1.82) is 0 Å². The van der Waals surface area contributed by atoms with E-state index in [1.54, 1.807) is 0 Å². The number of aryl methyl sites for hydroxylation is 2. The first-order valence-electron chi connectivity index (χ1n) is 7.82. The summed E-state index contributed by atoms with van der Waals surface area (Å²) >= 11 is 0. The van der Waals surface area contributed by atoms with Gasteiger partial charge in [0.15, 0.2) is 0 Å². The van der Waals surface area contributed by atoms with Gasteiger partial charge in [-0.05, 0) is 38.7 Å². The summed E-state index contributed by atoms with van der Waals surface area (Å²) in [6.07, 6.45) is 5.07. The summed E-state index contributed by atoms with van der Waals surface area (Å²) in [4.78, 5) is 2.61. The van der Waals surface area contributed by atoms with Crippen LogP contribution in [-0.2, 0) is 19.5 Å². The van der Waals surface area contributed by atoms with Gasteiger partial charge >= 0.3 is 0 Å². The van der Waals surface area contributed by atoms with Crippen LogP contribution in [0.15, 0.2) is 6.07 Å². The summed E-state index contributed by atoms with van der Waals surface area (Å²) in [6, 6.07) is 3.79. The van der Waals surface area contributed by atoms with Crippen molar-refractivity contribution in [2.45, 2.75) is 64.7 Å². The molecule has 4 nitrogen and oxygen atoms in total. The zero-order valence-corrected chi connectivity index (χ0v) is 12.2. The molecule has 0 amide bonds. The van der Waals surface area contributed by atoms with Crippen molar-refractivity contribution in [3.63, 3.8) is 0 Å². The Balaban J connectivity index is 1.68. The number of nitrogens with one attached hydrogen (secondary N) is 1. The van der Waals surface area contributed by atoms with Crippen molar-refractivity contribution < 1.29 is 0 Å². The van der Waals surface area contributed by atoms with Gasteiger partial charge in [-0.3, -0.25) is 9.58 Å². The van der Waals surface area contributed by atoms with E-state index >= 15 is 0 Å². The van der Waals surface area contributed by atoms with Crippen LogP contribution in [0, 0.1) is 0 Å². The summed E-state index contributed by atoms with van der Waals surface area (Å²) in [7, 11) is 0. The molecule has 0 spiro atoms. The van der Waals surface area contributed by atoms with Crippen LogP contribution < -0.4 is 5.32 Å². The van der Waals surface area contributed by atoms with Gasteiger partial charge in [-0.1, -0.05) is 6.92 Å². The Morgan fingerprint density at radius 1 is 1.26 bits per heavy atom. The fourth-order valence-corrected chi connectivity index (χ4v) is 3.48. The van der Waals surface area contributed by atoms with Gasteiger partial charge in [-0.15, -0.1) is 0 Å². The van der Waals surface area contributed by atoms with E-state index in [2.05, 4.69) is 39.9 Å². The van der Waals surface area contributed by atoms with Crippen molar-refractivity contribution in [2.24, 2.45) is 0 Å². The van der Waals surface area contributed by atoms with Crippen molar-refractivity contribution >= 4 is 0 Å². The van der Waals surface area contributed by atoms with Crippen LogP contribution in [0.25, 0.3) is 0 Å². The standard InChI is InChI=1S/C15H26N4/c1-3-12-9-15(19(4-2)17-12)11-18-8-7-13-5-6-14(10-18)16-13/h9,13-14,16H,3-8,10-11H2,1-2H3. The van der Waals surface area contributed by atoms with Crippen molar-refractivity contribution in [3.8, 4) is 0 Å². The van der Waals surface area contributed by atoms with E-state index < -0.39 is 0 Å². The molecule has 0 saturated carbocycles. The number of nitrogens with zero attached hydrogens (tertiary/aromatic N) is 3. The van der Waals surface area contributed by atoms with Gasteiger partial charge in [0.2, 0.25) is 0 Å². The minimum absolute atomic E-state index is 0.719. The summed E-state index contributed by atoms with van der Waals surface area (Å²) in [5, 5.41) is 8.41. The highest BCUT2D eigenvalue weighted by Gasteiger charge is 2.29. The van der Waals surface area contributed by atoms with Crippen LogP contribution in [0.5, 0.6) is 0 Å². The van der Waals surface area contributed by atoms with Crippen molar-refractivity contribution in [1.82, 2.24) is 20.0 Å². The lowest BCUT2D eigenvalue weighted by Gasteiger charge is -2.24. The smallest absolute Gasteiger partial charge is 0.0625 e. The molecule has 1 aromatic heterocycles. The number of aromatic nitrogens is 2. The maximum atomic E-state index is 4.66. The molecule has 3 heterocycles. The molecule has 3 rings (SSSR count). The third-order valence-corrected chi connectivity index (χ3v) is 4.57. The van der Waals surface area contributed by atoms with Gasteiger partial charge < -0.3 is 5.32 Å². The quantitative estimate of drug-likeness (QED) is 0.898. The molecular formula is C15H26N4. The Morgan fingerprint density at radius 3 is 2.89 bits per heavy atom. The number of fused-ring (bicyclic) bond motifs is 2. The van der Waals surface area contributed by atoms with E-state index in [-0.39, 0.29) is 0 Å². The molecule has 4 heteroatoms.